The second kappa shape index (κ2) is 18.7. The van der Waals surface area contributed by atoms with Crippen LogP contribution in [0.15, 0.2) is 72.8 Å². The number of carbonyl (C=O) groups excluding carboxylic acids is 2. The first-order chi connectivity index (χ1) is 26.2. The fraction of sp³-hybridized carbons (Fsp3) is 0.465. The molecule has 0 saturated carbocycles. The number of esters is 2. The first-order valence-corrected chi connectivity index (χ1v) is 19.1. The Morgan fingerprint density at radius 2 is 1.11 bits per heavy atom. The minimum atomic E-state index is -0.609. The van der Waals surface area contributed by atoms with Crippen molar-refractivity contribution in [1.82, 2.24) is 29.7 Å². The quantitative estimate of drug-likeness (QED) is 0.206. The van der Waals surface area contributed by atoms with Gasteiger partial charge in [-0.25, -0.2) is 15.0 Å². The van der Waals surface area contributed by atoms with Gasteiger partial charge in [-0.3, -0.25) is 19.4 Å². The summed E-state index contributed by atoms with van der Waals surface area (Å²) in [6.07, 6.45) is 0.814. The molecule has 1 aliphatic rings. The third kappa shape index (κ3) is 13.2. The topological polar surface area (TPSA) is 136 Å². The Morgan fingerprint density at radius 3 is 1.55 bits per heavy atom. The van der Waals surface area contributed by atoms with E-state index in [1.165, 1.54) is 0 Å². The molecule has 12 nitrogen and oxygen atoms in total. The van der Waals surface area contributed by atoms with Crippen LogP contribution in [0.4, 0.5) is 0 Å². The molecule has 3 aromatic heterocycles. The number of methoxy groups -OCH3 is 1. The third-order valence-corrected chi connectivity index (χ3v) is 8.85. The number of aromatic nitrogens is 3. The minimum Gasteiger partial charge on any atom is -0.497 e. The van der Waals surface area contributed by atoms with Gasteiger partial charge in [-0.05, 0) is 121 Å². The van der Waals surface area contributed by atoms with Crippen LogP contribution in [0.25, 0.3) is 33.9 Å². The van der Waals surface area contributed by atoms with Crippen molar-refractivity contribution >= 4 is 11.9 Å². The number of hydrogen-bond acceptors (Lipinski definition) is 12. The van der Waals surface area contributed by atoms with Gasteiger partial charge in [0.15, 0.2) is 0 Å². The molecule has 0 spiro atoms. The summed E-state index contributed by atoms with van der Waals surface area (Å²) in [5.74, 6) is 0.175. The van der Waals surface area contributed by atoms with E-state index in [1.807, 2.05) is 114 Å². The molecular weight excluding hydrogens is 695 g/mol. The zero-order chi connectivity index (χ0) is 39.6. The van der Waals surface area contributed by atoms with Crippen molar-refractivity contribution in [2.45, 2.75) is 72.3 Å². The molecule has 0 atom stereocenters. The molecule has 0 aliphatic carbocycles. The highest BCUT2D eigenvalue weighted by Crippen LogP contribution is 2.30. The molecule has 55 heavy (non-hydrogen) atoms. The first kappa shape index (κ1) is 41.4. The van der Waals surface area contributed by atoms with Crippen molar-refractivity contribution < 1.29 is 23.8 Å². The summed E-state index contributed by atoms with van der Waals surface area (Å²) in [7, 11) is 1.65. The van der Waals surface area contributed by atoms with Gasteiger partial charge in [0.05, 0.1) is 54.4 Å². The van der Waals surface area contributed by atoms with Crippen molar-refractivity contribution in [3.05, 3.63) is 84.2 Å². The number of fused-ring (bicyclic) bond motifs is 8. The Labute approximate surface area is 326 Å². The number of hydrogen-bond donors (Lipinski definition) is 1. The van der Waals surface area contributed by atoms with Gasteiger partial charge >= 0.3 is 11.9 Å². The second-order valence-corrected chi connectivity index (χ2v) is 16.0. The molecule has 6 bridgehead atoms. The van der Waals surface area contributed by atoms with Crippen molar-refractivity contribution in [2.75, 3.05) is 59.5 Å². The molecule has 1 aliphatic heterocycles. The molecule has 2 N–H and O–H groups in total. The van der Waals surface area contributed by atoms with E-state index in [0.29, 0.717) is 68.6 Å². The van der Waals surface area contributed by atoms with Crippen LogP contribution in [0.5, 0.6) is 5.75 Å². The molecular formula is C43H57N7O5. The summed E-state index contributed by atoms with van der Waals surface area (Å²) in [5, 5.41) is 0. The SMILES string of the molecule is COc1ccc(-c2cc3nc(c2)-c2cccc(n2)CN(CC(=O)OC(C)(C)C)CCN(CCCN)CCN(CC(=O)OC(C)(C)C)Cc2cccc-3n2)cc1. The van der Waals surface area contributed by atoms with E-state index in [1.54, 1.807) is 7.11 Å². The summed E-state index contributed by atoms with van der Waals surface area (Å²) >= 11 is 0. The highest BCUT2D eigenvalue weighted by Gasteiger charge is 2.23. The first-order valence-electron chi connectivity index (χ1n) is 19.1. The number of benzene rings is 1. The average molecular weight is 752 g/mol. The number of ether oxygens (including phenoxy) is 3. The summed E-state index contributed by atoms with van der Waals surface area (Å²) in [4.78, 5) is 48.2. The maximum Gasteiger partial charge on any atom is 0.320 e. The van der Waals surface area contributed by atoms with Crippen LogP contribution in [0.3, 0.4) is 0 Å². The standard InChI is InChI=1S/C43H57N7O5/c1-42(2,3)54-40(51)29-49-23-21-48(20-10-19-44)22-24-50(30-41(52)55-43(4,5)6)28-34-12-9-14-37(46-34)39-26-32(31-15-17-35(53-7)18-16-31)25-38(47-39)36-13-8-11-33(27-49)45-36/h8-9,11-18,25-26H,10,19-24,27-30,44H2,1-7H3. The Hall–Kier alpha value is -4.75. The summed E-state index contributed by atoms with van der Waals surface area (Å²) in [5.41, 5.74) is 11.1. The second-order valence-electron chi connectivity index (χ2n) is 16.0. The molecule has 5 rings (SSSR count). The third-order valence-electron chi connectivity index (χ3n) is 8.85. The summed E-state index contributed by atoms with van der Waals surface area (Å²) in [6, 6.07) is 23.8. The van der Waals surface area contributed by atoms with Crippen molar-refractivity contribution in [2.24, 2.45) is 5.73 Å². The molecule has 0 radical (unpaired) electrons. The normalized spacial score (nSPS) is 15.1. The zero-order valence-corrected chi connectivity index (χ0v) is 33.5. The maximum absolute atomic E-state index is 13.2. The molecule has 0 unspecified atom stereocenters. The summed E-state index contributed by atoms with van der Waals surface area (Å²) in [6.45, 7) is 16.2. The lowest BCUT2D eigenvalue weighted by Gasteiger charge is -2.30. The monoisotopic (exact) mass is 751 g/mol. The molecule has 0 saturated heterocycles. The number of nitrogens with zero attached hydrogens (tertiary/aromatic N) is 6. The zero-order valence-electron chi connectivity index (χ0n) is 33.5. The van der Waals surface area contributed by atoms with E-state index in [-0.39, 0.29) is 25.0 Å². The van der Waals surface area contributed by atoms with Crippen LogP contribution in [0.2, 0.25) is 0 Å². The van der Waals surface area contributed by atoms with E-state index in [2.05, 4.69) is 14.7 Å². The van der Waals surface area contributed by atoms with Gasteiger partial charge < -0.3 is 24.8 Å². The molecule has 4 heterocycles. The predicted octanol–water partition coefficient (Wildman–Crippen LogP) is 5.83. The number of nitrogens with two attached hydrogens (primary N) is 1. The predicted molar refractivity (Wildman–Crippen MR) is 215 cm³/mol. The maximum atomic E-state index is 13.2. The van der Waals surface area contributed by atoms with Crippen molar-refractivity contribution in [3.8, 4) is 39.7 Å². The Bertz CT molecular complexity index is 1780. The Balaban J connectivity index is 1.59. The fourth-order valence-electron chi connectivity index (χ4n) is 6.38. The molecule has 4 aromatic rings. The molecule has 12 heteroatoms. The van der Waals surface area contributed by atoms with E-state index in [9.17, 15) is 9.59 Å². The highest BCUT2D eigenvalue weighted by molar-refractivity contribution is 5.75. The van der Waals surface area contributed by atoms with Crippen LogP contribution in [-0.4, -0.2) is 112 Å². The fourth-order valence-corrected chi connectivity index (χ4v) is 6.38. The molecule has 0 amide bonds. The van der Waals surface area contributed by atoms with Gasteiger partial charge in [0.25, 0.3) is 0 Å². The molecule has 1 aromatic carbocycles. The van der Waals surface area contributed by atoms with E-state index < -0.39 is 11.2 Å². The van der Waals surface area contributed by atoms with E-state index in [4.69, 9.17) is 34.9 Å². The number of pyridine rings is 3. The van der Waals surface area contributed by atoms with Gasteiger partial charge in [-0.2, -0.15) is 0 Å². The largest absolute Gasteiger partial charge is 0.497 e. The average Bonchev–Trinajstić information content (AvgIpc) is 3.12. The molecule has 0 fully saturated rings. The van der Waals surface area contributed by atoms with Gasteiger partial charge in [0.1, 0.15) is 17.0 Å². The van der Waals surface area contributed by atoms with Gasteiger partial charge in [-0.1, -0.05) is 24.3 Å². The van der Waals surface area contributed by atoms with E-state index >= 15 is 0 Å². The van der Waals surface area contributed by atoms with E-state index in [0.717, 1.165) is 41.2 Å². The van der Waals surface area contributed by atoms with Crippen LogP contribution in [-0.2, 0) is 32.2 Å². The van der Waals surface area contributed by atoms with Gasteiger partial charge in [0.2, 0.25) is 0 Å². The van der Waals surface area contributed by atoms with Crippen LogP contribution < -0.4 is 10.5 Å². The molecule has 294 valence electrons. The Kier molecular flexibility index (Phi) is 14.1. The lowest BCUT2D eigenvalue weighted by atomic mass is 10.0. The lowest BCUT2D eigenvalue weighted by Crippen LogP contribution is -2.43. The smallest absolute Gasteiger partial charge is 0.320 e. The van der Waals surface area contributed by atoms with Crippen LogP contribution in [0.1, 0.15) is 59.4 Å². The summed E-state index contributed by atoms with van der Waals surface area (Å²) < 4.78 is 16.9. The number of carbonyl (C=O) groups is 2. The van der Waals surface area contributed by atoms with Gasteiger partial charge in [0, 0.05) is 39.3 Å². The number of rotatable bonds is 9. The Morgan fingerprint density at radius 1 is 0.636 bits per heavy atom. The lowest BCUT2D eigenvalue weighted by molar-refractivity contribution is -0.157. The van der Waals surface area contributed by atoms with Crippen LogP contribution in [0, 0.1) is 0 Å². The van der Waals surface area contributed by atoms with Gasteiger partial charge in [-0.15, -0.1) is 0 Å². The van der Waals surface area contributed by atoms with Crippen molar-refractivity contribution in [1.29, 1.82) is 0 Å². The highest BCUT2D eigenvalue weighted by atomic mass is 16.6. The van der Waals surface area contributed by atoms with Crippen molar-refractivity contribution in [3.63, 3.8) is 0 Å². The van der Waals surface area contributed by atoms with Crippen LogP contribution >= 0.6 is 0 Å². The minimum absolute atomic E-state index is 0.105.